The first-order chi connectivity index (χ1) is 14.7. The summed E-state index contributed by atoms with van der Waals surface area (Å²) in [5.41, 5.74) is 2.79. The molecule has 2 aliphatic heterocycles. The van der Waals surface area contributed by atoms with E-state index in [0.29, 0.717) is 24.6 Å². The van der Waals surface area contributed by atoms with Crippen LogP contribution in [0.4, 0.5) is 11.5 Å². The normalized spacial score (nSPS) is 19.5. The molecular weight excluding hydrogens is 376 g/mol. The molecule has 2 aromatic rings. The first-order valence-corrected chi connectivity index (χ1v) is 11.1. The van der Waals surface area contributed by atoms with Gasteiger partial charge in [-0.3, -0.25) is 9.59 Å². The monoisotopic (exact) mass is 404 g/mol. The SMILES string of the molecule is O=C1CN(c2ccc(C(=O)N3CCc4ccccc43)cn2)CCN1CC1CCCC1. The Labute approximate surface area is 177 Å². The van der Waals surface area contributed by atoms with Crippen molar-refractivity contribution in [1.29, 1.82) is 0 Å². The average molecular weight is 405 g/mol. The summed E-state index contributed by atoms with van der Waals surface area (Å²) in [5.74, 6) is 1.61. The molecule has 2 amide bonds. The summed E-state index contributed by atoms with van der Waals surface area (Å²) in [4.78, 5) is 36.0. The molecule has 1 saturated heterocycles. The lowest BCUT2D eigenvalue weighted by molar-refractivity contribution is -0.131. The summed E-state index contributed by atoms with van der Waals surface area (Å²) in [6.07, 6.45) is 7.65. The van der Waals surface area contributed by atoms with Crippen LogP contribution in [0.3, 0.4) is 0 Å². The standard InChI is InChI=1S/C24H28N4O2/c29-23-17-26(13-14-27(23)16-18-5-1-2-6-18)22-10-9-20(15-25-22)24(30)28-12-11-19-7-3-4-8-21(19)28/h3-4,7-10,15,18H,1-2,5-6,11-14,16-17H2. The summed E-state index contributed by atoms with van der Waals surface area (Å²) in [6, 6.07) is 11.8. The Balaban J connectivity index is 1.22. The number of piperazine rings is 1. The number of rotatable bonds is 4. The van der Waals surface area contributed by atoms with Gasteiger partial charge in [-0.15, -0.1) is 0 Å². The van der Waals surface area contributed by atoms with Crippen LogP contribution >= 0.6 is 0 Å². The van der Waals surface area contributed by atoms with E-state index in [9.17, 15) is 9.59 Å². The molecular formula is C24H28N4O2. The number of fused-ring (bicyclic) bond motifs is 1. The topological polar surface area (TPSA) is 56.8 Å². The largest absolute Gasteiger partial charge is 0.346 e. The third-order valence-corrected chi connectivity index (χ3v) is 6.72. The van der Waals surface area contributed by atoms with E-state index in [0.717, 1.165) is 37.6 Å². The molecule has 3 heterocycles. The summed E-state index contributed by atoms with van der Waals surface area (Å²) in [6.45, 7) is 3.52. The molecule has 0 unspecified atom stereocenters. The number of para-hydroxylation sites is 1. The first kappa shape index (κ1) is 19.1. The number of nitrogens with zero attached hydrogens (tertiary/aromatic N) is 4. The van der Waals surface area contributed by atoms with Gasteiger partial charge in [0.1, 0.15) is 5.82 Å². The van der Waals surface area contributed by atoms with Gasteiger partial charge in [0.2, 0.25) is 5.91 Å². The van der Waals surface area contributed by atoms with Crippen molar-refractivity contribution in [3.05, 3.63) is 53.7 Å². The number of pyridine rings is 1. The number of aromatic nitrogens is 1. The minimum absolute atomic E-state index is 0.0172. The van der Waals surface area contributed by atoms with Gasteiger partial charge in [0.15, 0.2) is 0 Å². The van der Waals surface area contributed by atoms with E-state index in [4.69, 9.17) is 0 Å². The van der Waals surface area contributed by atoms with Gasteiger partial charge in [-0.25, -0.2) is 4.98 Å². The molecule has 30 heavy (non-hydrogen) atoms. The van der Waals surface area contributed by atoms with Crippen LogP contribution in [0, 0.1) is 5.92 Å². The fourth-order valence-corrected chi connectivity index (χ4v) is 5.01. The summed E-state index contributed by atoms with van der Waals surface area (Å²) >= 11 is 0. The molecule has 6 heteroatoms. The van der Waals surface area contributed by atoms with E-state index >= 15 is 0 Å². The van der Waals surface area contributed by atoms with E-state index < -0.39 is 0 Å². The highest BCUT2D eigenvalue weighted by Gasteiger charge is 2.29. The van der Waals surface area contributed by atoms with Gasteiger partial charge in [-0.1, -0.05) is 31.0 Å². The van der Waals surface area contributed by atoms with Gasteiger partial charge in [-0.2, -0.15) is 0 Å². The van der Waals surface area contributed by atoms with E-state index in [-0.39, 0.29) is 11.8 Å². The molecule has 5 rings (SSSR count). The Hall–Kier alpha value is -2.89. The number of hydrogen-bond acceptors (Lipinski definition) is 4. The molecule has 0 N–H and O–H groups in total. The zero-order chi connectivity index (χ0) is 20.5. The van der Waals surface area contributed by atoms with Crippen LogP contribution in [0.25, 0.3) is 0 Å². The quantitative estimate of drug-likeness (QED) is 0.786. The van der Waals surface area contributed by atoms with Crippen LogP contribution in [-0.4, -0.2) is 54.4 Å². The molecule has 1 saturated carbocycles. The van der Waals surface area contributed by atoms with Crippen molar-refractivity contribution in [2.24, 2.45) is 5.92 Å². The van der Waals surface area contributed by atoms with Crippen LogP contribution in [0.1, 0.15) is 41.6 Å². The highest BCUT2D eigenvalue weighted by atomic mass is 16.2. The van der Waals surface area contributed by atoms with Crippen molar-refractivity contribution in [3.8, 4) is 0 Å². The molecule has 6 nitrogen and oxygen atoms in total. The van der Waals surface area contributed by atoms with Gasteiger partial charge in [0, 0.05) is 38.1 Å². The molecule has 0 atom stereocenters. The van der Waals surface area contributed by atoms with Gasteiger partial charge >= 0.3 is 0 Å². The molecule has 0 spiro atoms. The lowest BCUT2D eigenvalue weighted by Crippen LogP contribution is -2.51. The van der Waals surface area contributed by atoms with Crippen molar-refractivity contribution in [1.82, 2.24) is 9.88 Å². The van der Waals surface area contributed by atoms with E-state index in [1.807, 2.05) is 45.0 Å². The second-order valence-corrected chi connectivity index (χ2v) is 8.65. The number of carbonyl (C=O) groups is 2. The van der Waals surface area contributed by atoms with Gasteiger partial charge < -0.3 is 14.7 Å². The number of anilines is 2. The first-order valence-electron chi connectivity index (χ1n) is 11.1. The molecule has 2 fully saturated rings. The van der Waals surface area contributed by atoms with Gasteiger partial charge in [0.05, 0.1) is 12.1 Å². The maximum absolute atomic E-state index is 13.0. The molecule has 1 aliphatic carbocycles. The second-order valence-electron chi connectivity index (χ2n) is 8.65. The Kier molecular flexibility index (Phi) is 5.15. The number of carbonyl (C=O) groups excluding carboxylic acids is 2. The number of amides is 2. The van der Waals surface area contributed by atoms with Gasteiger partial charge in [0.25, 0.3) is 5.91 Å². The fraction of sp³-hybridized carbons (Fsp3) is 0.458. The van der Waals surface area contributed by atoms with Crippen molar-refractivity contribution in [3.63, 3.8) is 0 Å². The highest BCUT2D eigenvalue weighted by Crippen LogP contribution is 2.29. The lowest BCUT2D eigenvalue weighted by Gasteiger charge is -2.36. The highest BCUT2D eigenvalue weighted by molar-refractivity contribution is 6.07. The summed E-state index contributed by atoms with van der Waals surface area (Å²) in [5, 5.41) is 0. The Morgan fingerprint density at radius 2 is 1.87 bits per heavy atom. The Morgan fingerprint density at radius 3 is 2.63 bits per heavy atom. The summed E-state index contributed by atoms with van der Waals surface area (Å²) < 4.78 is 0. The maximum atomic E-state index is 13.0. The number of benzene rings is 1. The van der Waals surface area contributed by atoms with Crippen LogP contribution in [0.5, 0.6) is 0 Å². The Morgan fingerprint density at radius 1 is 1.03 bits per heavy atom. The average Bonchev–Trinajstić information content (AvgIpc) is 3.45. The molecule has 156 valence electrons. The zero-order valence-electron chi connectivity index (χ0n) is 17.3. The minimum atomic E-state index is -0.0172. The number of hydrogen-bond donors (Lipinski definition) is 0. The van der Waals surface area contributed by atoms with Gasteiger partial charge in [-0.05, 0) is 48.9 Å². The van der Waals surface area contributed by atoms with Crippen LogP contribution in [-0.2, 0) is 11.2 Å². The lowest BCUT2D eigenvalue weighted by atomic mass is 10.1. The predicted octanol–water partition coefficient (Wildman–Crippen LogP) is 3.12. The Bertz CT molecular complexity index is 936. The second kappa shape index (κ2) is 8.09. The predicted molar refractivity (Wildman–Crippen MR) is 117 cm³/mol. The fourth-order valence-electron chi connectivity index (χ4n) is 5.01. The van der Waals surface area contributed by atoms with Crippen LogP contribution in [0.2, 0.25) is 0 Å². The summed E-state index contributed by atoms with van der Waals surface area (Å²) in [7, 11) is 0. The smallest absolute Gasteiger partial charge is 0.259 e. The van der Waals surface area contributed by atoms with E-state index in [1.54, 1.807) is 6.20 Å². The molecule has 0 bridgehead atoms. The molecule has 0 radical (unpaired) electrons. The van der Waals surface area contributed by atoms with E-state index in [1.165, 1.54) is 31.2 Å². The van der Waals surface area contributed by atoms with Crippen molar-refractivity contribution in [2.75, 3.05) is 42.5 Å². The zero-order valence-corrected chi connectivity index (χ0v) is 17.3. The minimum Gasteiger partial charge on any atom is -0.346 e. The van der Waals surface area contributed by atoms with Crippen molar-refractivity contribution < 1.29 is 9.59 Å². The van der Waals surface area contributed by atoms with Crippen LogP contribution in [0.15, 0.2) is 42.6 Å². The van der Waals surface area contributed by atoms with Crippen molar-refractivity contribution >= 4 is 23.3 Å². The van der Waals surface area contributed by atoms with Crippen LogP contribution < -0.4 is 9.80 Å². The molecule has 1 aromatic heterocycles. The van der Waals surface area contributed by atoms with Crippen molar-refractivity contribution in [2.45, 2.75) is 32.1 Å². The third kappa shape index (κ3) is 3.66. The third-order valence-electron chi connectivity index (χ3n) is 6.72. The maximum Gasteiger partial charge on any atom is 0.259 e. The molecule has 3 aliphatic rings. The molecule has 1 aromatic carbocycles. The van der Waals surface area contributed by atoms with E-state index in [2.05, 4.69) is 11.1 Å².